The van der Waals surface area contributed by atoms with Crippen LogP contribution in [0.15, 0.2) is 29.3 Å². The third kappa shape index (κ3) is 4.18. The summed E-state index contributed by atoms with van der Waals surface area (Å²) in [5.41, 5.74) is 5.01. The minimum Gasteiger partial charge on any atom is -0.302 e. The molecule has 3 aromatic rings. The lowest BCUT2D eigenvalue weighted by atomic mass is 9.95. The molecule has 0 spiro atoms. The standard InChI is InChI=1S/C21H20N4OS2/c1-13-6-7-17-18(10-13)28-21(24-17)25-19(26)8-9-27-20-15(12-22)11-14-4-2-3-5-16(14)23-20/h6-7,10-11H,2-5,8-9H2,1H3,(H,24,25,26). The Balaban J connectivity index is 1.36. The van der Waals surface area contributed by atoms with Gasteiger partial charge in [0.2, 0.25) is 5.91 Å². The predicted octanol–water partition coefficient (Wildman–Crippen LogP) is 4.87. The largest absolute Gasteiger partial charge is 0.302 e. The third-order valence-corrected chi connectivity index (χ3v) is 6.67. The molecule has 0 unspecified atom stereocenters. The van der Waals surface area contributed by atoms with Crippen molar-refractivity contribution < 1.29 is 4.79 Å². The monoisotopic (exact) mass is 408 g/mol. The summed E-state index contributed by atoms with van der Waals surface area (Å²) >= 11 is 2.96. The molecule has 1 N–H and O–H groups in total. The summed E-state index contributed by atoms with van der Waals surface area (Å²) in [5, 5.41) is 13.7. The fourth-order valence-corrected chi connectivity index (χ4v) is 5.21. The van der Waals surface area contributed by atoms with E-state index in [0.717, 1.165) is 46.6 Å². The molecule has 0 atom stereocenters. The Morgan fingerprint density at radius 1 is 1.29 bits per heavy atom. The fraction of sp³-hybridized carbons (Fsp3) is 0.333. The SMILES string of the molecule is Cc1ccc2nc(NC(=O)CCSc3nc4c(cc3C#N)CCCC4)sc2c1. The van der Waals surface area contributed by atoms with Gasteiger partial charge >= 0.3 is 0 Å². The number of nitrogens with one attached hydrogen (secondary N) is 1. The maximum Gasteiger partial charge on any atom is 0.226 e. The smallest absolute Gasteiger partial charge is 0.226 e. The average molecular weight is 409 g/mol. The molecule has 2 aromatic heterocycles. The molecule has 0 radical (unpaired) electrons. The molecule has 0 aliphatic heterocycles. The van der Waals surface area contributed by atoms with E-state index in [-0.39, 0.29) is 5.91 Å². The van der Waals surface area contributed by atoms with E-state index in [4.69, 9.17) is 4.98 Å². The molecule has 1 aliphatic rings. The number of carbonyl (C=O) groups is 1. The van der Waals surface area contributed by atoms with Crippen LogP contribution in [0.1, 0.15) is 41.6 Å². The van der Waals surface area contributed by atoms with Crippen molar-refractivity contribution in [3.63, 3.8) is 0 Å². The number of nitrogens with zero attached hydrogens (tertiary/aromatic N) is 3. The number of rotatable bonds is 5. The number of thiazole rings is 1. The van der Waals surface area contributed by atoms with Crippen molar-refractivity contribution in [3.05, 3.63) is 46.6 Å². The van der Waals surface area contributed by atoms with Gasteiger partial charge in [0.1, 0.15) is 11.1 Å². The van der Waals surface area contributed by atoms with E-state index in [1.807, 2.05) is 25.1 Å². The zero-order chi connectivity index (χ0) is 19.5. The number of anilines is 1. The van der Waals surface area contributed by atoms with Crippen molar-refractivity contribution >= 4 is 44.4 Å². The van der Waals surface area contributed by atoms with Crippen molar-refractivity contribution in [1.29, 1.82) is 5.26 Å². The number of hydrogen-bond donors (Lipinski definition) is 1. The Morgan fingerprint density at radius 2 is 2.14 bits per heavy atom. The molecule has 0 saturated carbocycles. The lowest BCUT2D eigenvalue weighted by Crippen LogP contribution is -2.12. The Kier molecular flexibility index (Phi) is 5.60. The summed E-state index contributed by atoms with van der Waals surface area (Å²) in [6.07, 6.45) is 4.65. The second kappa shape index (κ2) is 8.29. The van der Waals surface area contributed by atoms with Crippen LogP contribution in [-0.4, -0.2) is 21.6 Å². The minimum absolute atomic E-state index is 0.0697. The number of carbonyl (C=O) groups excluding carboxylic acids is 1. The van der Waals surface area contributed by atoms with Crippen LogP contribution < -0.4 is 5.32 Å². The van der Waals surface area contributed by atoms with Crippen molar-refractivity contribution in [1.82, 2.24) is 9.97 Å². The van der Waals surface area contributed by atoms with Gasteiger partial charge in [-0.15, -0.1) is 11.8 Å². The quantitative estimate of drug-likeness (QED) is 0.609. The van der Waals surface area contributed by atoms with Gasteiger partial charge in [-0.25, -0.2) is 9.97 Å². The number of benzene rings is 1. The second-order valence-electron chi connectivity index (χ2n) is 6.90. The Labute approximate surface area is 172 Å². The van der Waals surface area contributed by atoms with Crippen LogP contribution in [0.2, 0.25) is 0 Å². The van der Waals surface area contributed by atoms with Gasteiger partial charge in [0.05, 0.1) is 15.8 Å². The second-order valence-corrected chi connectivity index (χ2v) is 9.02. The molecular formula is C21H20N4OS2. The molecule has 7 heteroatoms. The number of aromatic nitrogens is 2. The lowest BCUT2D eigenvalue weighted by molar-refractivity contribution is -0.115. The van der Waals surface area contributed by atoms with Gasteiger partial charge in [-0.1, -0.05) is 17.4 Å². The van der Waals surface area contributed by atoms with Crippen LogP contribution in [0, 0.1) is 18.3 Å². The number of pyridine rings is 1. The van der Waals surface area contributed by atoms with Crippen molar-refractivity contribution in [2.45, 2.75) is 44.1 Å². The van der Waals surface area contributed by atoms with E-state index in [1.165, 1.54) is 34.2 Å². The van der Waals surface area contributed by atoms with E-state index in [9.17, 15) is 10.1 Å². The maximum absolute atomic E-state index is 12.3. The molecule has 142 valence electrons. The highest BCUT2D eigenvalue weighted by Gasteiger charge is 2.16. The topological polar surface area (TPSA) is 78.7 Å². The molecule has 1 aliphatic carbocycles. The zero-order valence-corrected chi connectivity index (χ0v) is 17.3. The molecule has 0 fully saturated rings. The molecule has 0 bridgehead atoms. The van der Waals surface area contributed by atoms with E-state index in [2.05, 4.69) is 22.4 Å². The predicted molar refractivity (Wildman–Crippen MR) is 114 cm³/mol. The number of hydrogen-bond acceptors (Lipinski definition) is 6. The summed E-state index contributed by atoms with van der Waals surface area (Å²) < 4.78 is 1.07. The number of amides is 1. The molecule has 1 amide bonds. The highest BCUT2D eigenvalue weighted by atomic mass is 32.2. The van der Waals surface area contributed by atoms with Crippen molar-refractivity contribution in [2.75, 3.05) is 11.1 Å². The first-order valence-corrected chi connectivity index (χ1v) is 11.2. The molecule has 28 heavy (non-hydrogen) atoms. The Hall–Kier alpha value is -2.43. The van der Waals surface area contributed by atoms with E-state index < -0.39 is 0 Å². The van der Waals surface area contributed by atoms with Crippen LogP contribution in [0.5, 0.6) is 0 Å². The molecule has 4 rings (SSSR count). The fourth-order valence-electron chi connectivity index (χ4n) is 3.31. The minimum atomic E-state index is -0.0697. The van der Waals surface area contributed by atoms with Gasteiger partial charge < -0.3 is 5.32 Å². The van der Waals surface area contributed by atoms with Crippen LogP contribution in [-0.2, 0) is 17.6 Å². The number of thioether (sulfide) groups is 1. The van der Waals surface area contributed by atoms with Crippen molar-refractivity contribution in [2.24, 2.45) is 0 Å². The first kappa shape index (κ1) is 18.9. The van der Waals surface area contributed by atoms with E-state index in [1.54, 1.807) is 0 Å². The van der Waals surface area contributed by atoms with Gasteiger partial charge in [0, 0.05) is 17.9 Å². The first-order chi connectivity index (χ1) is 13.6. The summed E-state index contributed by atoms with van der Waals surface area (Å²) in [6.45, 7) is 2.04. The first-order valence-electron chi connectivity index (χ1n) is 9.35. The van der Waals surface area contributed by atoms with E-state index in [0.29, 0.717) is 22.9 Å². The number of nitriles is 1. The van der Waals surface area contributed by atoms with Crippen molar-refractivity contribution in [3.8, 4) is 6.07 Å². The third-order valence-electron chi connectivity index (χ3n) is 4.74. The number of fused-ring (bicyclic) bond motifs is 2. The average Bonchev–Trinajstić information content (AvgIpc) is 3.08. The van der Waals surface area contributed by atoms with Crippen LogP contribution in [0.4, 0.5) is 5.13 Å². The van der Waals surface area contributed by atoms with Gasteiger partial charge in [-0.05, 0) is 61.9 Å². The van der Waals surface area contributed by atoms with Gasteiger partial charge in [-0.3, -0.25) is 4.79 Å². The maximum atomic E-state index is 12.3. The highest BCUT2D eigenvalue weighted by Crippen LogP contribution is 2.29. The summed E-state index contributed by atoms with van der Waals surface area (Å²) in [7, 11) is 0. The Morgan fingerprint density at radius 3 is 3.00 bits per heavy atom. The highest BCUT2D eigenvalue weighted by molar-refractivity contribution is 7.99. The summed E-state index contributed by atoms with van der Waals surface area (Å²) in [5.74, 6) is 0.510. The Bertz CT molecular complexity index is 1080. The van der Waals surface area contributed by atoms with Gasteiger partial charge in [0.25, 0.3) is 0 Å². The zero-order valence-electron chi connectivity index (χ0n) is 15.6. The molecule has 2 heterocycles. The lowest BCUT2D eigenvalue weighted by Gasteiger charge is -2.16. The molecule has 1 aromatic carbocycles. The summed E-state index contributed by atoms with van der Waals surface area (Å²) in [4.78, 5) is 21.5. The van der Waals surface area contributed by atoms with Crippen LogP contribution in [0.25, 0.3) is 10.2 Å². The number of aryl methyl sites for hydroxylation is 3. The molecular weight excluding hydrogens is 388 g/mol. The normalized spacial score (nSPS) is 13.1. The van der Waals surface area contributed by atoms with Gasteiger partial charge in [-0.2, -0.15) is 5.26 Å². The van der Waals surface area contributed by atoms with E-state index >= 15 is 0 Å². The molecule has 0 saturated heterocycles. The molecule has 5 nitrogen and oxygen atoms in total. The summed E-state index contributed by atoms with van der Waals surface area (Å²) in [6, 6.07) is 10.3. The van der Waals surface area contributed by atoms with Crippen LogP contribution in [0.3, 0.4) is 0 Å². The van der Waals surface area contributed by atoms with Gasteiger partial charge in [0.15, 0.2) is 5.13 Å². The van der Waals surface area contributed by atoms with Crippen LogP contribution >= 0.6 is 23.1 Å².